The molecule has 0 N–H and O–H groups in total. The van der Waals surface area contributed by atoms with Crippen LogP contribution in [0.1, 0.15) is 35.0 Å². The average Bonchev–Trinajstić information content (AvgIpc) is 3.48. The summed E-state index contributed by atoms with van der Waals surface area (Å²) in [6, 6.07) is 7.26. The van der Waals surface area contributed by atoms with Crippen LogP contribution in [0.15, 0.2) is 45.7 Å². The van der Waals surface area contributed by atoms with Crippen molar-refractivity contribution in [1.82, 2.24) is 15.0 Å². The van der Waals surface area contributed by atoms with Gasteiger partial charge in [0.15, 0.2) is 11.5 Å². The molecule has 4 heterocycles. The van der Waals surface area contributed by atoms with Crippen LogP contribution < -0.4 is 9.47 Å². The predicted molar refractivity (Wildman–Crippen MR) is 92.4 cm³/mol. The topological polar surface area (TPSA) is 90.8 Å². The van der Waals surface area contributed by atoms with E-state index in [1.165, 1.54) is 12.5 Å². The van der Waals surface area contributed by atoms with E-state index in [-0.39, 0.29) is 18.6 Å². The van der Waals surface area contributed by atoms with Gasteiger partial charge in [0, 0.05) is 24.6 Å². The van der Waals surface area contributed by atoms with Crippen LogP contribution in [0.4, 0.5) is 0 Å². The summed E-state index contributed by atoms with van der Waals surface area (Å²) in [7, 11) is 0. The molecule has 0 unspecified atom stereocenters. The van der Waals surface area contributed by atoms with Gasteiger partial charge < -0.3 is 23.3 Å². The second kappa shape index (κ2) is 6.46. The molecule has 5 rings (SSSR count). The van der Waals surface area contributed by atoms with Gasteiger partial charge in [-0.25, -0.2) is 0 Å². The normalized spacial score (nSPS) is 16.7. The number of piperidine rings is 1. The van der Waals surface area contributed by atoms with Crippen LogP contribution in [0.3, 0.4) is 0 Å². The molecule has 1 aromatic carbocycles. The fourth-order valence-corrected chi connectivity index (χ4v) is 3.45. The Morgan fingerprint density at radius 1 is 1.11 bits per heavy atom. The number of hydrogen-bond acceptors (Lipinski definition) is 7. The Bertz CT molecular complexity index is 958. The van der Waals surface area contributed by atoms with E-state index in [0.29, 0.717) is 36.1 Å². The van der Waals surface area contributed by atoms with Crippen molar-refractivity contribution in [3.05, 3.63) is 48.2 Å². The summed E-state index contributed by atoms with van der Waals surface area (Å²) in [5, 5.41) is 4.11. The number of likely N-dealkylation sites (tertiary alicyclic amines) is 1. The van der Waals surface area contributed by atoms with E-state index in [1.54, 1.807) is 6.07 Å². The van der Waals surface area contributed by atoms with Crippen molar-refractivity contribution in [2.75, 3.05) is 19.9 Å². The van der Waals surface area contributed by atoms with Gasteiger partial charge in [0.05, 0.1) is 11.8 Å². The molecule has 3 aromatic rings. The Morgan fingerprint density at radius 3 is 2.78 bits per heavy atom. The molecule has 2 aliphatic rings. The van der Waals surface area contributed by atoms with E-state index < -0.39 is 0 Å². The van der Waals surface area contributed by atoms with Gasteiger partial charge in [-0.3, -0.25) is 4.79 Å². The molecular formula is C19H17N3O5. The summed E-state index contributed by atoms with van der Waals surface area (Å²) in [6.07, 6.45) is 4.55. The number of fused-ring (bicyclic) bond motifs is 1. The third kappa shape index (κ3) is 2.92. The van der Waals surface area contributed by atoms with Crippen molar-refractivity contribution in [3.8, 4) is 22.9 Å². The van der Waals surface area contributed by atoms with Crippen molar-refractivity contribution in [3.63, 3.8) is 0 Å². The fourth-order valence-electron chi connectivity index (χ4n) is 3.45. The van der Waals surface area contributed by atoms with Gasteiger partial charge in [0.25, 0.3) is 5.91 Å². The average molecular weight is 367 g/mol. The molecule has 1 fully saturated rings. The van der Waals surface area contributed by atoms with Gasteiger partial charge >= 0.3 is 0 Å². The van der Waals surface area contributed by atoms with Crippen LogP contribution in [0, 0.1) is 0 Å². The summed E-state index contributed by atoms with van der Waals surface area (Å²) >= 11 is 0. The highest BCUT2D eigenvalue weighted by atomic mass is 16.7. The highest BCUT2D eigenvalue weighted by Crippen LogP contribution is 2.36. The minimum Gasteiger partial charge on any atom is -0.472 e. The summed E-state index contributed by atoms with van der Waals surface area (Å²) < 4.78 is 21.2. The van der Waals surface area contributed by atoms with Gasteiger partial charge in [0.2, 0.25) is 18.5 Å². The van der Waals surface area contributed by atoms with E-state index in [4.69, 9.17) is 18.4 Å². The number of carbonyl (C=O) groups is 1. The third-order valence-corrected chi connectivity index (χ3v) is 4.97. The molecule has 2 aliphatic heterocycles. The molecule has 1 saturated heterocycles. The Morgan fingerprint density at radius 2 is 1.96 bits per heavy atom. The number of rotatable bonds is 3. The summed E-state index contributed by atoms with van der Waals surface area (Å²) in [5.41, 5.74) is 1.40. The number of furan rings is 1. The first-order valence-corrected chi connectivity index (χ1v) is 8.83. The monoisotopic (exact) mass is 367 g/mol. The molecule has 8 heteroatoms. The molecule has 2 aromatic heterocycles. The molecular weight excluding hydrogens is 350 g/mol. The number of amides is 1. The first-order valence-electron chi connectivity index (χ1n) is 8.83. The van der Waals surface area contributed by atoms with E-state index in [1.807, 2.05) is 23.1 Å². The van der Waals surface area contributed by atoms with Crippen LogP contribution in [0.2, 0.25) is 0 Å². The molecule has 27 heavy (non-hydrogen) atoms. The number of ether oxygens (including phenoxy) is 2. The lowest BCUT2D eigenvalue weighted by Crippen LogP contribution is -2.37. The van der Waals surface area contributed by atoms with Crippen LogP contribution >= 0.6 is 0 Å². The molecule has 1 amide bonds. The fraction of sp³-hybridized carbons (Fsp3) is 0.316. The van der Waals surface area contributed by atoms with E-state index in [2.05, 4.69) is 10.1 Å². The van der Waals surface area contributed by atoms with Crippen molar-refractivity contribution < 1.29 is 23.2 Å². The largest absolute Gasteiger partial charge is 0.472 e. The standard InChI is InChI=1S/C19H17N3O5/c23-19(14-5-8-24-10-14)22-6-3-12(4-7-22)18-20-17(21-27-18)13-1-2-15-16(9-13)26-11-25-15/h1-2,5,8-10,12H,3-4,6-7,11H2. The molecule has 0 atom stereocenters. The number of carbonyl (C=O) groups excluding carboxylic acids is 1. The van der Waals surface area contributed by atoms with Gasteiger partial charge in [-0.2, -0.15) is 4.98 Å². The summed E-state index contributed by atoms with van der Waals surface area (Å²) in [6.45, 7) is 1.53. The highest BCUT2D eigenvalue weighted by Gasteiger charge is 2.28. The smallest absolute Gasteiger partial charge is 0.257 e. The van der Waals surface area contributed by atoms with E-state index in [9.17, 15) is 4.79 Å². The lowest BCUT2D eigenvalue weighted by molar-refractivity contribution is 0.0704. The number of hydrogen-bond donors (Lipinski definition) is 0. The maximum atomic E-state index is 12.4. The zero-order chi connectivity index (χ0) is 18.2. The number of nitrogens with zero attached hydrogens (tertiary/aromatic N) is 3. The van der Waals surface area contributed by atoms with Gasteiger partial charge in [-0.1, -0.05) is 5.16 Å². The quantitative estimate of drug-likeness (QED) is 0.702. The lowest BCUT2D eigenvalue weighted by atomic mass is 9.96. The van der Waals surface area contributed by atoms with E-state index in [0.717, 1.165) is 24.2 Å². The molecule has 138 valence electrons. The van der Waals surface area contributed by atoms with Crippen LogP contribution in [0.25, 0.3) is 11.4 Å². The van der Waals surface area contributed by atoms with Gasteiger partial charge in [-0.05, 0) is 37.1 Å². The van der Waals surface area contributed by atoms with Crippen LogP contribution in [-0.4, -0.2) is 40.8 Å². The maximum Gasteiger partial charge on any atom is 0.257 e. The lowest BCUT2D eigenvalue weighted by Gasteiger charge is -2.30. The SMILES string of the molecule is O=C(c1ccoc1)N1CCC(c2nc(-c3ccc4c(c3)OCO4)no2)CC1. The second-order valence-corrected chi connectivity index (χ2v) is 6.60. The summed E-state index contributed by atoms with van der Waals surface area (Å²) in [5.74, 6) is 2.68. The molecule has 0 aliphatic carbocycles. The zero-order valence-electron chi connectivity index (χ0n) is 14.5. The van der Waals surface area contributed by atoms with Crippen molar-refractivity contribution in [2.45, 2.75) is 18.8 Å². The Kier molecular flexibility index (Phi) is 3.81. The minimum absolute atomic E-state index is 0.00576. The van der Waals surface area contributed by atoms with E-state index >= 15 is 0 Å². The Balaban J connectivity index is 1.27. The molecule has 0 saturated carbocycles. The predicted octanol–water partition coefficient (Wildman–Crippen LogP) is 3.08. The zero-order valence-corrected chi connectivity index (χ0v) is 14.5. The van der Waals surface area contributed by atoms with Crippen molar-refractivity contribution in [1.29, 1.82) is 0 Å². The second-order valence-electron chi connectivity index (χ2n) is 6.60. The summed E-state index contributed by atoms with van der Waals surface area (Å²) in [4.78, 5) is 18.8. The van der Waals surface area contributed by atoms with Crippen molar-refractivity contribution >= 4 is 5.91 Å². The highest BCUT2D eigenvalue weighted by molar-refractivity contribution is 5.93. The van der Waals surface area contributed by atoms with Crippen LogP contribution in [0.5, 0.6) is 11.5 Å². The van der Waals surface area contributed by atoms with Crippen molar-refractivity contribution in [2.24, 2.45) is 0 Å². The van der Waals surface area contributed by atoms with Gasteiger partial charge in [0.1, 0.15) is 6.26 Å². The number of aromatic nitrogens is 2. The third-order valence-electron chi connectivity index (χ3n) is 4.97. The minimum atomic E-state index is -0.00576. The first kappa shape index (κ1) is 15.9. The maximum absolute atomic E-state index is 12.4. The van der Waals surface area contributed by atoms with Crippen LogP contribution in [-0.2, 0) is 0 Å². The number of benzene rings is 1. The molecule has 0 radical (unpaired) electrons. The first-order chi connectivity index (χ1) is 13.3. The molecule has 8 nitrogen and oxygen atoms in total. The Labute approximate surface area is 154 Å². The Hall–Kier alpha value is -3.29. The molecule has 0 bridgehead atoms. The van der Waals surface area contributed by atoms with Gasteiger partial charge in [-0.15, -0.1) is 0 Å². The molecule has 0 spiro atoms.